The zero-order chi connectivity index (χ0) is 43.3. The molecule has 3 aromatic rings. The smallest absolute Gasteiger partial charge is 0.328 e. The third kappa shape index (κ3) is 12.7. The summed E-state index contributed by atoms with van der Waals surface area (Å²) in [5.41, 5.74) is 2.15. The number of ether oxygens (including phenoxy) is 3. The van der Waals surface area contributed by atoms with Crippen LogP contribution in [0.25, 0.3) is 0 Å². The van der Waals surface area contributed by atoms with Crippen molar-refractivity contribution in [1.82, 2.24) is 20.0 Å². The third-order valence-corrected chi connectivity index (χ3v) is 10.5. The summed E-state index contributed by atoms with van der Waals surface area (Å²) in [6, 6.07) is 15.6. The van der Waals surface area contributed by atoms with Gasteiger partial charge >= 0.3 is 11.9 Å². The summed E-state index contributed by atoms with van der Waals surface area (Å²) in [5.74, 6) is -3.22. The number of nitrogens with zero attached hydrogens (tertiary/aromatic N) is 3. The van der Waals surface area contributed by atoms with Crippen LogP contribution in [0.4, 0.5) is 0 Å². The normalized spacial score (nSPS) is 14.3. The third-order valence-electron chi connectivity index (χ3n) is 10.5. The molecule has 14 nitrogen and oxygen atoms in total. The molecule has 0 radical (unpaired) electrons. The van der Waals surface area contributed by atoms with Gasteiger partial charge in [-0.05, 0) is 85.9 Å². The van der Waals surface area contributed by atoms with E-state index in [0.717, 1.165) is 5.56 Å². The number of phenolic OH excluding ortho intramolecular Hbond substituents is 2. The number of hydrogen-bond donors (Lipinski definition) is 3. The predicted molar refractivity (Wildman–Crippen MR) is 219 cm³/mol. The summed E-state index contributed by atoms with van der Waals surface area (Å²) in [7, 11) is 9.21. The van der Waals surface area contributed by atoms with Gasteiger partial charge in [-0.25, -0.2) is 4.79 Å². The van der Waals surface area contributed by atoms with Crippen molar-refractivity contribution in [3.8, 4) is 17.2 Å². The second-order valence-corrected chi connectivity index (χ2v) is 15.2. The zero-order valence-electron chi connectivity index (χ0n) is 35.3. The van der Waals surface area contributed by atoms with Crippen LogP contribution in [-0.2, 0) is 52.7 Å². The van der Waals surface area contributed by atoms with Crippen molar-refractivity contribution >= 4 is 29.7 Å². The second-order valence-electron chi connectivity index (χ2n) is 15.2. The molecule has 14 heteroatoms. The number of rotatable bonds is 20. The maximum absolute atomic E-state index is 14.5. The Labute approximate surface area is 342 Å². The van der Waals surface area contributed by atoms with Crippen LogP contribution in [0.3, 0.4) is 0 Å². The van der Waals surface area contributed by atoms with Crippen molar-refractivity contribution in [2.75, 3.05) is 42.4 Å². The average molecular weight is 805 g/mol. The quantitative estimate of drug-likeness (QED) is 0.141. The van der Waals surface area contributed by atoms with Crippen molar-refractivity contribution in [2.45, 2.75) is 83.6 Å². The van der Waals surface area contributed by atoms with Gasteiger partial charge in [0.2, 0.25) is 11.8 Å². The van der Waals surface area contributed by atoms with Crippen LogP contribution in [-0.4, -0.2) is 127 Å². The van der Waals surface area contributed by atoms with Crippen LogP contribution in [0.5, 0.6) is 17.2 Å². The van der Waals surface area contributed by atoms with E-state index in [9.17, 15) is 34.2 Å². The number of methoxy groups -OCH3 is 2. The Hall–Kier alpha value is -5.63. The van der Waals surface area contributed by atoms with Crippen LogP contribution in [0.1, 0.15) is 50.8 Å². The lowest BCUT2D eigenvalue weighted by Gasteiger charge is -2.36. The molecule has 0 aliphatic rings. The maximum Gasteiger partial charge on any atom is 0.328 e. The molecular weight excluding hydrogens is 745 g/mol. The highest BCUT2D eigenvalue weighted by Gasteiger charge is 2.40. The molecule has 3 N–H and O–H groups in total. The van der Waals surface area contributed by atoms with E-state index in [-0.39, 0.29) is 24.3 Å². The highest BCUT2D eigenvalue weighted by Crippen LogP contribution is 2.22. The van der Waals surface area contributed by atoms with Crippen molar-refractivity contribution in [3.63, 3.8) is 0 Å². The minimum absolute atomic E-state index is 0.00475. The Morgan fingerprint density at radius 1 is 0.638 bits per heavy atom. The topological polar surface area (TPSA) is 175 Å². The highest BCUT2D eigenvalue weighted by atomic mass is 16.6. The molecule has 0 spiro atoms. The fourth-order valence-corrected chi connectivity index (χ4v) is 6.43. The van der Waals surface area contributed by atoms with Gasteiger partial charge in [-0.2, -0.15) is 0 Å². The summed E-state index contributed by atoms with van der Waals surface area (Å²) in [5, 5.41) is 22.6. The lowest BCUT2D eigenvalue weighted by molar-refractivity contribution is -0.164. The number of likely N-dealkylation sites (N-methyl/N-ethyl adjacent to an activating group) is 3. The van der Waals surface area contributed by atoms with Crippen molar-refractivity contribution in [2.24, 2.45) is 11.8 Å². The van der Waals surface area contributed by atoms with E-state index >= 15 is 0 Å². The number of aromatic hydroxyl groups is 2. The molecule has 3 rings (SSSR count). The van der Waals surface area contributed by atoms with Gasteiger partial charge < -0.3 is 39.5 Å². The Balaban J connectivity index is 1.92. The summed E-state index contributed by atoms with van der Waals surface area (Å²) in [4.78, 5) is 74.2. The van der Waals surface area contributed by atoms with Crippen LogP contribution < -0.4 is 10.1 Å². The van der Waals surface area contributed by atoms with Gasteiger partial charge in [0.05, 0.1) is 14.2 Å². The predicted octanol–water partition coefficient (Wildman–Crippen LogP) is 3.99. The van der Waals surface area contributed by atoms with Gasteiger partial charge in [-0.1, -0.05) is 64.1 Å². The largest absolute Gasteiger partial charge is 0.508 e. The molecule has 0 saturated heterocycles. The first-order chi connectivity index (χ1) is 27.4. The SMILES string of the molecule is CCC(C)C(OC(=O)[C@H](Cc1ccc(OC)cc1)N(C)C)C(=O)N[C@H](C(=O)N(C)[C@@H](Cc1ccc(O)cc1)C(=O)N(C)[C@@H](Cc1ccc(O)cc1)C(=O)OC)C(C)C. The molecule has 0 heterocycles. The number of esters is 2. The van der Waals surface area contributed by atoms with Crippen LogP contribution in [0.2, 0.25) is 0 Å². The first-order valence-corrected chi connectivity index (χ1v) is 19.4. The number of amides is 3. The first-order valence-electron chi connectivity index (χ1n) is 19.4. The molecule has 316 valence electrons. The minimum atomic E-state index is -1.23. The van der Waals surface area contributed by atoms with E-state index in [4.69, 9.17) is 14.2 Å². The van der Waals surface area contributed by atoms with E-state index in [0.29, 0.717) is 29.7 Å². The molecule has 0 aliphatic heterocycles. The summed E-state index contributed by atoms with van der Waals surface area (Å²) in [6.07, 6.45) is -0.341. The maximum atomic E-state index is 14.5. The lowest BCUT2D eigenvalue weighted by Crippen LogP contribution is -2.59. The summed E-state index contributed by atoms with van der Waals surface area (Å²) >= 11 is 0. The molecule has 0 fully saturated rings. The highest BCUT2D eigenvalue weighted by molar-refractivity contribution is 5.95. The van der Waals surface area contributed by atoms with Gasteiger partial charge in [-0.3, -0.25) is 24.1 Å². The molecule has 0 aromatic heterocycles. The number of benzene rings is 3. The van der Waals surface area contributed by atoms with Crippen molar-refractivity contribution in [1.29, 1.82) is 0 Å². The molecular formula is C44H60N4O10. The Bertz CT molecular complexity index is 1820. The zero-order valence-corrected chi connectivity index (χ0v) is 35.3. The fraction of sp³-hybridized carbons (Fsp3) is 0.477. The molecule has 6 atom stereocenters. The molecule has 3 aromatic carbocycles. The van der Waals surface area contributed by atoms with E-state index in [1.807, 2.05) is 19.1 Å². The average Bonchev–Trinajstić information content (AvgIpc) is 3.21. The Kier molecular flexibility index (Phi) is 17.5. The molecule has 0 saturated carbocycles. The summed E-state index contributed by atoms with van der Waals surface area (Å²) in [6.45, 7) is 7.18. The van der Waals surface area contributed by atoms with E-state index in [1.165, 1.54) is 55.3 Å². The van der Waals surface area contributed by atoms with E-state index in [2.05, 4.69) is 5.32 Å². The molecule has 58 heavy (non-hydrogen) atoms. The van der Waals surface area contributed by atoms with Gasteiger partial charge in [-0.15, -0.1) is 0 Å². The van der Waals surface area contributed by atoms with Crippen LogP contribution in [0, 0.1) is 11.8 Å². The standard InChI is InChI=1S/C44H60N4O10/c1-11-28(4)39(58-44(55)36(46(5)6)25-31-16-22-34(56-9)23-17-31)40(51)45-38(27(2)3)42(53)47(7)35(24-29-12-18-32(49)19-13-29)41(52)48(8)37(43(54)57-10)26-30-14-20-33(50)21-15-30/h12-23,27-28,35-39,49-50H,11,24-26H2,1-10H3,(H,45,51)/t28?,35-,36-,37-,38-,39?/m0/s1. The van der Waals surface area contributed by atoms with E-state index in [1.54, 1.807) is 83.3 Å². The number of phenols is 2. The first kappa shape index (κ1) is 46.8. The number of carbonyl (C=O) groups is 5. The van der Waals surface area contributed by atoms with Crippen molar-refractivity contribution in [3.05, 3.63) is 89.5 Å². The van der Waals surface area contributed by atoms with Crippen LogP contribution >= 0.6 is 0 Å². The number of hydrogen-bond acceptors (Lipinski definition) is 11. The van der Waals surface area contributed by atoms with Gasteiger partial charge in [0.25, 0.3) is 5.91 Å². The van der Waals surface area contributed by atoms with Gasteiger partial charge in [0.15, 0.2) is 6.10 Å². The lowest BCUT2D eigenvalue weighted by atomic mass is 9.96. The molecule has 0 aliphatic carbocycles. The molecule has 3 amide bonds. The minimum Gasteiger partial charge on any atom is -0.508 e. The molecule has 2 unspecified atom stereocenters. The monoisotopic (exact) mass is 804 g/mol. The van der Waals surface area contributed by atoms with Crippen molar-refractivity contribution < 1.29 is 48.4 Å². The Morgan fingerprint density at radius 2 is 1.09 bits per heavy atom. The van der Waals surface area contributed by atoms with E-state index < -0.39 is 71.8 Å². The second kappa shape index (κ2) is 21.8. The number of nitrogens with one attached hydrogen (secondary N) is 1. The Morgan fingerprint density at radius 3 is 1.52 bits per heavy atom. The summed E-state index contributed by atoms with van der Waals surface area (Å²) < 4.78 is 16.3. The molecule has 0 bridgehead atoms. The number of carbonyl (C=O) groups excluding carboxylic acids is 5. The van der Waals surface area contributed by atoms with Gasteiger partial charge in [0, 0.05) is 32.9 Å². The fourth-order valence-electron chi connectivity index (χ4n) is 6.43. The van der Waals surface area contributed by atoms with Crippen LogP contribution in [0.15, 0.2) is 72.8 Å². The van der Waals surface area contributed by atoms with Gasteiger partial charge in [0.1, 0.15) is 41.4 Å².